The van der Waals surface area contributed by atoms with E-state index in [2.05, 4.69) is 41.2 Å². The first kappa shape index (κ1) is 17.9. The summed E-state index contributed by atoms with van der Waals surface area (Å²) in [5, 5.41) is 10.2. The smallest absolute Gasteiger partial charge is 0.220 e. The van der Waals surface area contributed by atoms with Crippen molar-refractivity contribution in [2.45, 2.75) is 59.2 Å². The van der Waals surface area contributed by atoms with Gasteiger partial charge in [0, 0.05) is 38.3 Å². The predicted octanol–water partition coefficient (Wildman–Crippen LogP) is 1.75. The number of H-pyrrole nitrogens is 1. The van der Waals surface area contributed by atoms with Gasteiger partial charge in [-0.05, 0) is 39.2 Å². The maximum Gasteiger partial charge on any atom is 0.220 e. The van der Waals surface area contributed by atoms with Crippen LogP contribution in [0.4, 0.5) is 0 Å². The van der Waals surface area contributed by atoms with Crippen molar-refractivity contribution in [3.8, 4) is 0 Å². The van der Waals surface area contributed by atoms with E-state index in [-0.39, 0.29) is 24.0 Å². The maximum atomic E-state index is 12.2. The van der Waals surface area contributed by atoms with Gasteiger partial charge in [0.2, 0.25) is 5.91 Å². The Hall–Kier alpha value is -1.40. The lowest BCUT2D eigenvalue weighted by atomic mass is 9.95. The largest absolute Gasteiger partial charge is 0.373 e. The second kappa shape index (κ2) is 7.93. The molecule has 0 saturated carbocycles. The van der Waals surface area contributed by atoms with Crippen molar-refractivity contribution in [1.82, 2.24) is 20.4 Å². The molecule has 2 N–H and O–H groups in total. The number of nitrogens with zero attached hydrogens (tertiary/aromatic N) is 2. The fourth-order valence-electron chi connectivity index (χ4n) is 3.56. The third-order valence-corrected chi connectivity index (χ3v) is 4.41. The van der Waals surface area contributed by atoms with Crippen LogP contribution in [0.5, 0.6) is 0 Å². The van der Waals surface area contributed by atoms with Gasteiger partial charge >= 0.3 is 0 Å². The van der Waals surface area contributed by atoms with Crippen LogP contribution in [0.25, 0.3) is 0 Å². The predicted molar refractivity (Wildman–Crippen MR) is 90.6 cm³/mol. The molecule has 1 aromatic rings. The van der Waals surface area contributed by atoms with E-state index in [0.29, 0.717) is 13.0 Å². The van der Waals surface area contributed by atoms with Gasteiger partial charge in [0.15, 0.2) is 0 Å². The first-order valence-electron chi connectivity index (χ1n) is 8.52. The van der Waals surface area contributed by atoms with Crippen molar-refractivity contribution < 1.29 is 9.53 Å². The van der Waals surface area contributed by atoms with Crippen LogP contribution >= 0.6 is 0 Å². The SMILES string of the molecule is Cc1n[nH]c(C)c1[C@H](C)CC(=O)NCCN1C[C@@H](C)O[C@H](C)C1. The third kappa shape index (κ3) is 5.04. The highest BCUT2D eigenvalue weighted by molar-refractivity contribution is 5.76. The molecule has 130 valence electrons. The van der Waals surface area contributed by atoms with Gasteiger partial charge in [0.1, 0.15) is 0 Å². The minimum atomic E-state index is 0.104. The fraction of sp³-hybridized carbons (Fsp3) is 0.765. The molecule has 6 nitrogen and oxygen atoms in total. The molecular formula is C17H30N4O2. The van der Waals surface area contributed by atoms with Gasteiger partial charge in [-0.1, -0.05) is 6.92 Å². The standard InChI is InChI=1S/C17H30N4O2/c1-11(17-14(4)19-20-15(17)5)8-16(22)18-6-7-21-9-12(2)23-13(3)10-21/h11-13H,6-10H2,1-5H3,(H,18,22)(H,19,20)/t11-,12-,13-/m1/s1. The van der Waals surface area contributed by atoms with E-state index in [1.165, 1.54) is 0 Å². The average molecular weight is 322 g/mol. The highest BCUT2D eigenvalue weighted by atomic mass is 16.5. The Morgan fingerprint density at radius 3 is 2.61 bits per heavy atom. The number of morpholine rings is 1. The molecule has 0 bridgehead atoms. The number of hydrogen-bond donors (Lipinski definition) is 2. The molecule has 0 unspecified atom stereocenters. The molecule has 0 aromatic carbocycles. The highest BCUT2D eigenvalue weighted by Gasteiger charge is 2.22. The summed E-state index contributed by atoms with van der Waals surface area (Å²) >= 11 is 0. The van der Waals surface area contributed by atoms with Gasteiger partial charge in [-0.3, -0.25) is 14.8 Å². The monoisotopic (exact) mass is 322 g/mol. The number of hydrogen-bond acceptors (Lipinski definition) is 4. The highest BCUT2D eigenvalue weighted by Crippen LogP contribution is 2.24. The Morgan fingerprint density at radius 1 is 1.39 bits per heavy atom. The summed E-state index contributed by atoms with van der Waals surface area (Å²) < 4.78 is 5.72. The van der Waals surface area contributed by atoms with Crippen LogP contribution < -0.4 is 5.32 Å². The van der Waals surface area contributed by atoms with Crippen molar-refractivity contribution in [2.75, 3.05) is 26.2 Å². The molecule has 2 rings (SSSR count). The van der Waals surface area contributed by atoms with Crippen molar-refractivity contribution in [2.24, 2.45) is 0 Å². The van der Waals surface area contributed by atoms with Crippen molar-refractivity contribution in [3.63, 3.8) is 0 Å². The quantitative estimate of drug-likeness (QED) is 0.837. The molecule has 6 heteroatoms. The first-order chi connectivity index (χ1) is 10.9. The molecule has 0 aliphatic carbocycles. The lowest BCUT2D eigenvalue weighted by Crippen LogP contribution is -2.47. The normalized spacial score (nSPS) is 23.7. The van der Waals surface area contributed by atoms with E-state index in [4.69, 9.17) is 4.74 Å². The van der Waals surface area contributed by atoms with Crippen LogP contribution in [0, 0.1) is 13.8 Å². The zero-order valence-electron chi connectivity index (χ0n) is 15.0. The van der Waals surface area contributed by atoms with E-state index in [1.54, 1.807) is 0 Å². The molecule has 1 amide bonds. The van der Waals surface area contributed by atoms with E-state index >= 15 is 0 Å². The van der Waals surface area contributed by atoms with Gasteiger partial charge in [0.05, 0.1) is 17.9 Å². The van der Waals surface area contributed by atoms with Crippen LogP contribution in [0.3, 0.4) is 0 Å². The number of carbonyl (C=O) groups is 1. The number of aryl methyl sites for hydroxylation is 2. The molecule has 0 radical (unpaired) electrons. The van der Waals surface area contributed by atoms with E-state index < -0.39 is 0 Å². The lowest BCUT2D eigenvalue weighted by molar-refractivity contribution is -0.121. The van der Waals surface area contributed by atoms with Crippen LogP contribution in [-0.4, -0.2) is 59.4 Å². The summed E-state index contributed by atoms with van der Waals surface area (Å²) in [4.78, 5) is 14.5. The lowest BCUT2D eigenvalue weighted by Gasteiger charge is -2.35. The Morgan fingerprint density at radius 2 is 2.04 bits per heavy atom. The van der Waals surface area contributed by atoms with Gasteiger partial charge in [-0.25, -0.2) is 0 Å². The summed E-state index contributed by atoms with van der Waals surface area (Å²) in [5.41, 5.74) is 3.20. The fourth-order valence-corrected chi connectivity index (χ4v) is 3.56. The molecule has 2 heterocycles. The first-order valence-corrected chi connectivity index (χ1v) is 8.52. The molecule has 3 atom stereocenters. The Balaban J connectivity index is 1.73. The number of nitrogens with one attached hydrogen (secondary N) is 2. The zero-order chi connectivity index (χ0) is 17.0. The molecule has 1 saturated heterocycles. The van der Waals surface area contributed by atoms with E-state index in [1.807, 2.05) is 13.8 Å². The summed E-state index contributed by atoms with van der Waals surface area (Å²) in [7, 11) is 0. The summed E-state index contributed by atoms with van der Waals surface area (Å²) in [6.07, 6.45) is 1.03. The minimum absolute atomic E-state index is 0.104. The summed E-state index contributed by atoms with van der Waals surface area (Å²) in [5.74, 6) is 0.282. The van der Waals surface area contributed by atoms with Crippen molar-refractivity contribution in [1.29, 1.82) is 0 Å². The topological polar surface area (TPSA) is 70.2 Å². The molecule has 1 fully saturated rings. The molecule has 1 aromatic heterocycles. The summed E-state index contributed by atoms with van der Waals surface area (Å²) in [6.45, 7) is 13.7. The van der Waals surface area contributed by atoms with Gasteiger partial charge in [-0.2, -0.15) is 5.10 Å². The second-order valence-electron chi connectivity index (χ2n) is 6.82. The Bertz CT molecular complexity index is 499. The van der Waals surface area contributed by atoms with Crippen molar-refractivity contribution in [3.05, 3.63) is 17.0 Å². The number of ether oxygens (including phenoxy) is 1. The number of carbonyl (C=O) groups excluding carboxylic acids is 1. The Kier molecular flexibility index (Phi) is 6.18. The second-order valence-corrected chi connectivity index (χ2v) is 6.82. The van der Waals surface area contributed by atoms with Crippen LogP contribution in [0.15, 0.2) is 0 Å². The maximum absolute atomic E-state index is 12.2. The average Bonchev–Trinajstić information content (AvgIpc) is 2.77. The van der Waals surface area contributed by atoms with Gasteiger partial charge in [-0.15, -0.1) is 0 Å². The van der Waals surface area contributed by atoms with Crippen LogP contribution in [0.1, 0.15) is 50.1 Å². The van der Waals surface area contributed by atoms with Crippen LogP contribution in [0.2, 0.25) is 0 Å². The third-order valence-electron chi connectivity index (χ3n) is 4.41. The molecule has 23 heavy (non-hydrogen) atoms. The van der Waals surface area contributed by atoms with E-state index in [0.717, 1.165) is 36.6 Å². The number of rotatable bonds is 6. The molecule has 1 aliphatic heterocycles. The van der Waals surface area contributed by atoms with E-state index in [9.17, 15) is 4.79 Å². The number of amides is 1. The zero-order valence-corrected chi connectivity index (χ0v) is 15.0. The van der Waals surface area contributed by atoms with Crippen molar-refractivity contribution >= 4 is 5.91 Å². The molecule has 1 aliphatic rings. The van der Waals surface area contributed by atoms with Gasteiger partial charge in [0.25, 0.3) is 0 Å². The molecule has 0 spiro atoms. The Labute approximate surface area is 139 Å². The summed E-state index contributed by atoms with van der Waals surface area (Å²) in [6, 6.07) is 0. The van der Waals surface area contributed by atoms with Gasteiger partial charge < -0.3 is 10.1 Å². The number of aromatic nitrogens is 2. The molecular weight excluding hydrogens is 292 g/mol. The van der Waals surface area contributed by atoms with Crippen LogP contribution in [-0.2, 0) is 9.53 Å². The number of aromatic amines is 1. The minimum Gasteiger partial charge on any atom is -0.373 e.